The molecular formula is C18H19N3O2. The number of nitrogens with zero attached hydrogens (tertiary/aromatic N) is 3. The molecule has 0 aliphatic carbocycles. The second kappa shape index (κ2) is 5.93. The van der Waals surface area contributed by atoms with E-state index in [0.29, 0.717) is 5.75 Å². The number of fused-ring (bicyclic) bond motifs is 1. The number of benzene rings is 2. The van der Waals surface area contributed by atoms with Crippen molar-refractivity contribution in [3.05, 3.63) is 54.4 Å². The van der Waals surface area contributed by atoms with Crippen LogP contribution in [0.2, 0.25) is 0 Å². The van der Waals surface area contributed by atoms with E-state index in [4.69, 9.17) is 4.42 Å². The number of piperazine rings is 1. The Morgan fingerprint density at radius 1 is 0.957 bits per heavy atom. The molecule has 23 heavy (non-hydrogen) atoms. The number of aromatic hydroxyl groups is 1. The Morgan fingerprint density at radius 3 is 2.43 bits per heavy atom. The van der Waals surface area contributed by atoms with Gasteiger partial charge in [-0.15, -0.1) is 0 Å². The molecule has 118 valence electrons. The molecule has 4 rings (SSSR count). The van der Waals surface area contributed by atoms with Crippen LogP contribution in [-0.2, 0) is 6.54 Å². The molecule has 1 aromatic heterocycles. The van der Waals surface area contributed by atoms with Gasteiger partial charge in [0.2, 0.25) is 5.89 Å². The minimum atomic E-state index is 0.309. The summed E-state index contributed by atoms with van der Waals surface area (Å²) in [4.78, 5) is 9.24. The van der Waals surface area contributed by atoms with Crippen LogP contribution >= 0.6 is 0 Å². The quantitative estimate of drug-likeness (QED) is 0.806. The highest BCUT2D eigenvalue weighted by Gasteiger charge is 2.19. The average molecular weight is 309 g/mol. The van der Waals surface area contributed by atoms with E-state index in [-0.39, 0.29) is 0 Å². The monoisotopic (exact) mass is 309 g/mol. The van der Waals surface area contributed by atoms with Crippen molar-refractivity contribution in [3.63, 3.8) is 0 Å². The van der Waals surface area contributed by atoms with E-state index in [1.165, 1.54) is 0 Å². The predicted octanol–water partition coefficient (Wildman–Crippen LogP) is 2.86. The van der Waals surface area contributed by atoms with Crippen molar-refractivity contribution in [1.82, 2.24) is 9.88 Å². The highest BCUT2D eigenvalue weighted by molar-refractivity contribution is 5.72. The zero-order chi connectivity index (χ0) is 15.6. The molecule has 1 aliphatic heterocycles. The standard InChI is InChI=1S/C18H19N3O2/c22-15-7-5-14(6-8-15)21-11-9-20(10-12-21)13-18-19-16-3-1-2-4-17(16)23-18/h1-8,22H,9-13H2. The summed E-state index contributed by atoms with van der Waals surface area (Å²) in [6.07, 6.45) is 0. The molecule has 0 atom stereocenters. The Morgan fingerprint density at radius 2 is 1.70 bits per heavy atom. The maximum absolute atomic E-state index is 9.38. The number of phenolic OH excluding ortho intramolecular Hbond substituents is 1. The maximum Gasteiger partial charge on any atom is 0.209 e. The van der Waals surface area contributed by atoms with Gasteiger partial charge in [-0.1, -0.05) is 12.1 Å². The van der Waals surface area contributed by atoms with Gasteiger partial charge in [0, 0.05) is 31.9 Å². The van der Waals surface area contributed by atoms with Crippen molar-refractivity contribution in [3.8, 4) is 5.75 Å². The van der Waals surface area contributed by atoms with Gasteiger partial charge >= 0.3 is 0 Å². The molecule has 2 aromatic carbocycles. The van der Waals surface area contributed by atoms with E-state index in [1.807, 2.05) is 36.4 Å². The molecule has 0 spiro atoms. The predicted molar refractivity (Wildman–Crippen MR) is 89.6 cm³/mol. The molecule has 2 heterocycles. The van der Waals surface area contributed by atoms with Gasteiger partial charge in [-0.25, -0.2) is 4.98 Å². The first-order chi connectivity index (χ1) is 11.3. The summed E-state index contributed by atoms with van der Waals surface area (Å²) in [5.74, 6) is 1.09. The number of anilines is 1. The largest absolute Gasteiger partial charge is 0.508 e. The van der Waals surface area contributed by atoms with Gasteiger partial charge in [0.25, 0.3) is 0 Å². The van der Waals surface area contributed by atoms with Gasteiger partial charge < -0.3 is 14.4 Å². The van der Waals surface area contributed by atoms with Crippen molar-refractivity contribution in [2.45, 2.75) is 6.54 Å². The van der Waals surface area contributed by atoms with E-state index in [9.17, 15) is 5.11 Å². The lowest BCUT2D eigenvalue weighted by atomic mass is 10.2. The molecule has 0 saturated carbocycles. The summed E-state index contributed by atoms with van der Waals surface area (Å²) in [5.41, 5.74) is 2.93. The van der Waals surface area contributed by atoms with Gasteiger partial charge in [0.1, 0.15) is 11.3 Å². The second-order valence-corrected chi connectivity index (χ2v) is 5.85. The van der Waals surface area contributed by atoms with Gasteiger partial charge in [-0.05, 0) is 36.4 Å². The van der Waals surface area contributed by atoms with Crippen LogP contribution in [-0.4, -0.2) is 41.2 Å². The number of phenols is 1. The fraction of sp³-hybridized carbons (Fsp3) is 0.278. The van der Waals surface area contributed by atoms with Crippen molar-refractivity contribution < 1.29 is 9.52 Å². The normalized spacial score (nSPS) is 16.1. The van der Waals surface area contributed by atoms with Crippen LogP contribution in [0.25, 0.3) is 11.1 Å². The lowest BCUT2D eigenvalue weighted by Crippen LogP contribution is -2.46. The molecule has 1 saturated heterocycles. The minimum Gasteiger partial charge on any atom is -0.508 e. The molecule has 1 fully saturated rings. The van der Waals surface area contributed by atoms with Crippen LogP contribution in [0.1, 0.15) is 5.89 Å². The summed E-state index contributed by atoms with van der Waals surface area (Å²) >= 11 is 0. The molecule has 3 aromatic rings. The molecular weight excluding hydrogens is 290 g/mol. The number of aromatic nitrogens is 1. The first-order valence-corrected chi connectivity index (χ1v) is 7.89. The smallest absolute Gasteiger partial charge is 0.209 e. The number of rotatable bonds is 3. The molecule has 0 radical (unpaired) electrons. The molecule has 0 amide bonds. The fourth-order valence-electron chi connectivity index (χ4n) is 3.01. The van der Waals surface area contributed by atoms with Crippen LogP contribution in [0.15, 0.2) is 52.9 Å². The van der Waals surface area contributed by atoms with E-state index in [2.05, 4.69) is 14.8 Å². The van der Waals surface area contributed by atoms with Crippen molar-refractivity contribution >= 4 is 16.8 Å². The Balaban J connectivity index is 1.38. The maximum atomic E-state index is 9.38. The van der Waals surface area contributed by atoms with Crippen LogP contribution < -0.4 is 4.90 Å². The summed E-state index contributed by atoms with van der Waals surface area (Å²) in [5, 5.41) is 9.38. The highest BCUT2D eigenvalue weighted by atomic mass is 16.3. The molecule has 0 bridgehead atoms. The second-order valence-electron chi connectivity index (χ2n) is 5.85. The lowest BCUT2D eigenvalue weighted by molar-refractivity contribution is 0.228. The van der Waals surface area contributed by atoms with Crippen molar-refractivity contribution in [2.75, 3.05) is 31.1 Å². The van der Waals surface area contributed by atoms with E-state index in [0.717, 1.165) is 55.4 Å². The summed E-state index contributed by atoms with van der Waals surface area (Å²) in [6.45, 7) is 4.62. The van der Waals surface area contributed by atoms with Crippen LogP contribution in [0.3, 0.4) is 0 Å². The summed E-state index contributed by atoms with van der Waals surface area (Å²) < 4.78 is 5.80. The third-order valence-electron chi connectivity index (χ3n) is 4.28. The van der Waals surface area contributed by atoms with Crippen molar-refractivity contribution in [2.24, 2.45) is 0 Å². The fourth-order valence-corrected chi connectivity index (χ4v) is 3.01. The number of oxazole rings is 1. The van der Waals surface area contributed by atoms with E-state index >= 15 is 0 Å². The van der Waals surface area contributed by atoms with Gasteiger partial charge in [-0.2, -0.15) is 0 Å². The molecule has 5 heteroatoms. The molecule has 1 aliphatic rings. The number of hydrogen-bond acceptors (Lipinski definition) is 5. The summed E-state index contributed by atoms with van der Waals surface area (Å²) in [6, 6.07) is 15.3. The molecule has 0 unspecified atom stereocenters. The first kappa shape index (κ1) is 14.1. The van der Waals surface area contributed by atoms with Gasteiger partial charge in [0.05, 0.1) is 6.54 Å². The van der Waals surface area contributed by atoms with Crippen LogP contribution in [0, 0.1) is 0 Å². The number of hydrogen-bond donors (Lipinski definition) is 1. The molecule has 5 nitrogen and oxygen atoms in total. The third kappa shape index (κ3) is 3.00. The Labute approximate surface area is 134 Å². The minimum absolute atomic E-state index is 0.309. The Kier molecular flexibility index (Phi) is 3.63. The zero-order valence-corrected chi connectivity index (χ0v) is 12.9. The van der Waals surface area contributed by atoms with Crippen molar-refractivity contribution in [1.29, 1.82) is 0 Å². The van der Waals surface area contributed by atoms with Gasteiger partial charge in [0.15, 0.2) is 5.58 Å². The average Bonchev–Trinajstić information content (AvgIpc) is 2.98. The SMILES string of the molecule is Oc1ccc(N2CCN(Cc3nc4ccccc4o3)CC2)cc1. The van der Waals surface area contributed by atoms with E-state index in [1.54, 1.807) is 12.1 Å². The van der Waals surface area contributed by atoms with Gasteiger partial charge in [-0.3, -0.25) is 4.90 Å². The topological polar surface area (TPSA) is 52.7 Å². The highest BCUT2D eigenvalue weighted by Crippen LogP contribution is 2.21. The Hall–Kier alpha value is -2.53. The first-order valence-electron chi connectivity index (χ1n) is 7.89. The van der Waals surface area contributed by atoms with Crippen LogP contribution in [0.4, 0.5) is 5.69 Å². The Bertz CT molecular complexity index is 756. The van der Waals surface area contributed by atoms with Crippen LogP contribution in [0.5, 0.6) is 5.75 Å². The lowest BCUT2D eigenvalue weighted by Gasteiger charge is -2.35. The summed E-state index contributed by atoms with van der Waals surface area (Å²) in [7, 11) is 0. The zero-order valence-electron chi connectivity index (χ0n) is 12.9. The van der Waals surface area contributed by atoms with E-state index < -0.39 is 0 Å². The molecule has 1 N–H and O–H groups in total. The number of para-hydroxylation sites is 2. The third-order valence-corrected chi connectivity index (χ3v) is 4.28.